The Kier molecular flexibility index (Phi) is 62.7. The fourth-order valence-electron chi connectivity index (χ4n) is 0. The van der Waals surface area contributed by atoms with Crippen LogP contribution in [0.25, 0.3) is 0 Å². The van der Waals surface area contributed by atoms with Gasteiger partial charge in [-0.15, -0.1) is 0 Å². The van der Waals surface area contributed by atoms with Crippen LogP contribution in [0.4, 0.5) is 0 Å². The van der Waals surface area contributed by atoms with Crippen molar-refractivity contribution < 1.29 is 82.8 Å². The molecule has 0 bridgehead atoms. The molecule has 0 aliphatic heterocycles. The van der Waals surface area contributed by atoms with Crippen LogP contribution >= 0.6 is 0 Å². The first-order valence-electron chi connectivity index (χ1n) is 2.11. The second-order valence-corrected chi connectivity index (χ2v) is 2.73. The van der Waals surface area contributed by atoms with Gasteiger partial charge < -0.3 is 15.3 Å². The van der Waals surface area contributed by atoms with E-state index in [1.165, 1.54) is 0 Å². The molecule has 0 aromatic heterocycles. The van der Waals surface area contributed by atoms with Gasteiger partial charge in [-0.05, 0) is 0 Å². The van der Waals surface area contributed by atoms with Crippen LogP contribution in [0.3, 0.4) is 0 Å². The van der Waals surface area contributed by atoms with E-state index >= 15 is 0 Å². The molecule has 13 nitrogen and oxygen atoms in total. The summed E-state index contributed by atoms with van der Waals surface area (Å²) in [5.74, 6) is 0. The summed E-state index contributed by atoms with van der Waals surface area (Å²) in [6.07, 6.45) is 0. The summed E-state index contributed by atoms with van der Waals surface area (Å²) in [5.41, 5.74) is 0. The van der Waals surface area contributed by atoms with Gasteiger partial charge in [-0.2, -0.15) is 12.6 Å². The number of hydrogen-bond donors (Lipinski definition) is 8. The minimum Gasteiger partial charge on any atom is -0.750 e. The van der Waals surface area contributed by atoms with E-state index in [2.05, 4.69) is 0 Å². The van der Waals surface area contributed by atoms with Crippen LogP contribution in [-0.2, 0) is 45.4 Å². The van der Waals surface area contributed by atoms with Gasteiger partial charge in [0.05, 0.1) is 11.4 Å². The molecule has 0 radical (unpaired) electrons. The van der Waals surface area contributed by atoms with Crippen LogP contribution in [-0.4, -0.2) is 53.3 Å². The summed E-state index contributed by atoms with van der Waals surface area (Å²) in [6.45, 7) is 0. The molecule has 0 aliphatic carbocycles. The van der Waals surface area contributed by atoms with Gasteiger partial charge in [-0.25, -0.2) is 4.21 Å². The van der Waals surface area contributed by atoms with Crippen molar-refractivity contribution in [2.75, 3.05) is 0 Å². The van der Waals surface area contributed by atoms with Crippen LogP contribution in [0.1, 0.15) is 0 Å². The molecule has 0 aromatic rings. The van der Waals surface area contributed by atoms with Gasteiger partial charge in [-0.3, -0.25) is 27.3 Å². The largest absolute Gasteiger partial charge is 1.00 e. The first-order valence-corrected chi connectivity index (χ1v) is 6.33. The van der Waals surface area contributed by atoms with Crippen molar-refractivity contribution in [1.82, 2.24) is 6.15 Å². The normalized spacial score (nSPS) is 9.28. The molecular weight excluding hydrogens is 357 g/mol. The van der Waals surface area contributed by atoms with E-state index in [1.54, 1.807) is 0 Å². The molecule has 0 amide bonds. The first kappa shape index (κ1) is 36.5. The van der Waals surface area contributed by atoms with Gasteiger partial charge in [0.15, 0.2) is 0 Å². The molecule has 1 unspecified atom stereocenters. The smallest absolute Gasteiger partial charge is 0.750 e. The third-order valence-corrected chi connectivity index (χ3v) is 0. The molecule has 10 N–H and O–H groups in total. The average Bonchev–Trinajstić information content (AvgIpc) is 1.76. The van der Waals surface area contributed by atoms with E-state index in [1.807, 2.05) is 0 Å². The van der Waals surface area contributed by atoms with E-state index in [-0.39, 0.29) is 35.7 Å². The molecule has 112 valence electrons. The second-order valence-electron chi connectivity index (χ2n) is 0.909. The minimum atomic E-state index is -2.86. The minimum absolute atomic E-state index is 0. The van der Waals surface area contributed by atoms with Crippen molar-refractivity contribution in [2.24, 2.45) is 0 Å². The molecule has 0 aliphatic rings. The number of rotatable bonds is 0. The molecule has 18 heavy (non-hydrogen) atoms. The van der Waals surface area contributed by atoms with E-state index in [0.717, 1.165) is 0 Å². The Morgan fingerprint density at radius 2 is 0.611 bits per heavy atom. The Hall–Kier alpha value is 1.24. The maximum atomic E-state index is 8.67. The standard InChI is InChI=1S/H3N.Na.4H2O3S/c;;4*1-4(2)3/h1H3;;4*(H2,1,2,3)/q;+1;;;;/p-1. The molecule has 1 atom stereocenters. The van der Waals surface area contributed by atoms with Crippen LogP contribution in [0.2, 0.25) is 0 Å². The summed E-state index contributed by atoms with van der Waals surface area (Å²) in [6, 6.07) is 0. The van der Waals surface area contributed by atoms with Crippen molar-refractivity contribution in [2.45, 2.75) is 0 Å². The maximum Gasteiger partial charge on any atom is 1.00 e. The molecule has 0 fully saturated rings. The quantitative estimate of drug-likeness (QED) is 0.148. The third-order valence-electron chi connectivity index (χ3n) is 0. The zero-order valence-corrected chi connectivity index (χ0v) is 13.8. The Balaban J connectivity index is -0.0000000257. The summed E-state index contributed by atoms with van der Waals surface area (Å²) < 4.78 is 92.6. The monoisotopic (exact) mass is 367 g/mol. The summed E-state index contributed by atoms with van der Waals surface area (Å²) in [7, 11) is 0. The molecule has 0 aromatic carbocycles. The summed E-state index contributed by atoms with van der Waals surface area (Å²) in [4.78, 5) is 0. The summed E-state index contributed by atoms with van der Waals surface area (Å²) in [5, 5.41) is 0. The van der Waals surface area contributed by atoms with Crippen molar-refractivity contribution in [1.29, 1.82) is 0 Å². The van der Waals surface area contributed by atoms with Gasteiger partial charge in [0.1, 0.15) is 0 Å². The molecule has 0 spiro atoms. The predicted octanol–water partition coefficient (Wildman–Crippen LogP) is -4.45. The fraction of sp³-hybridized carbons (Fsp3) is 0. The van der Waals surface area contributed by atoms with Crippen molar-refractivity contribution >= 4 is 45.4 Å². The molecule has 0 saturated heterocycles. The molecule has 0 saturated carbocycles. The van der Waals surface area contributed by atoms with E-state index < -0.39 is 45.4 Å². The Morgan fingerprint density at radius 1 is 0.611 bits per heavy atom. The predicted molar refractivity (Wildman–Crippen MR) is 56.8 cm³/mol. The van der Waals surface area contributed by atoms with Crippen LogP contribution < -0.4 is 35.7 Å². The van der Waals surface area contributed by atoms with Crippen LogP contribution in [0.5, 0.6) is 0 Å². The SMILES string of the molecule is N.O=S(O)O.O=S(O)O.O=S(O)O.O=S([O-])O.[Na+]. The van der Waals surface area contributed by atoms with Gasteiger partial charge in [-0.1, -0.05) is 0 Å². The van der Waals surface area contributed by atoms with Crippen molar-refractivity contribution in [3.05, 3.63) is 0 Å². The van der Waals surface area contributed by atoms with Crippen molar-refractivity contribution in [3.63, 3.8) is 0 Å². The number of hydrogen-bond acceptors (Lipinski definition) is 6. The molecule has 18 heteroatoms. The molecule has 0 rings (SSSR count). The second kappa shape index (κ2) is 30.9. The summed E-state index contributed by atoms with van der Waals surface area (Å²) >= 11 is -10.7. The Labute approximate surface area is 133 Å². The van der Waals surface area contributed by atoms with E-state index in [9.17, 15) is 0 Å². The average molecular weight is 367 g/mol. The van der Waals surface area contributed by atoms with Gasteiger partial charge in [0, 0.05) is 0 Å². The fourth-order valence-corrected chi connectivity index (χ4v) is 0. The van der Waals surface area contributed by atoms with E-state index in [4.69, 9.17) is 53.3 Å². The van der Waals surface area contributed by atoms with Gasteiger partial charge in [0.25, 0.3) is 34.1 Å². The van der Waals surface area contributed by atoms with Crippen LogP contribution in [0, 0.1) is 0 Å². The van der Waals surface area contributed by atoms with Crippen molar-refractivity contribution in [3.8, 4) is 0 Å². The maximum absolute atomic E-state index is 8.67. The zero-order valence-electron chi connectivity index (χ0n) is 8.51. The zero-order chi connectivity index (χ0) is 14.3. The van der Waals surface area contributed by atoms with E-state index in [0.29, 0.717) is 0 Å². The Bertz CT molecular complexity index is 164. The van der Waals surface area contributed by atoms with Crippen LogP contribution in [0.15, 0.2) is 0 Å². The first-order chi connectivity index (χ1) is 6.93. The molecular formula is H10NNaO12S4. The van der Waals surface area contributed by atoms with Gasteiger partial charge >= 0.3 is 29.6 Å². The third kappa shape index (κ3) is 2960. The topological polar surface area (TPSA) is 268 Å². The Morgan fingerprint density at radius 3 is 0.611 bits per heavy atom. The van der Waals surface area contributed by atoms with Gasteiger partial charge in [0.2, 0.25) is 0 Å². The molecule has 0 heterocycles.